The summed E-state index contributed by atoms with van der Waals surface area (Å²) in [5.41, 5.74) is 0.292. The maximum Gasteiger partial charge on any atom is 0.409 e. The molecule has 2 nitrogen and oxygen atoms in total. The summed E-state index contributed by atoms with van der Waals surface area (Å²) in [4.78, 5) is 4.75. The molecule has 0 amide bonds. The van der Waals surface area contributed by atoms with Crippen LogP contribution in [0.1, 0.15) is 11.7 Å². The minimum absolute atomic E-state index is 0.0540. The lowest BCUT2D eigenvalue weighted by atomic mass is 9.98. The van der Waals surface area contributed by atoms with E-state index in [1.54, 1.807) is 0 Å². The van der Waals surface area contributed by atoms with Gasteiger partial charge in [0.25, 0.3) is 0 Å². The highest BCUT2D eigenvalue weighted by atomic mass is 19.4. The van der Waals surface area contributed by atoms with Crippen LogP contribution < -0.4 is 5.46 Å². The van der Waals surface area contributed by atoms with Gasteiger partial charge in [0.05, 0.1) is 5.69 Å². The fraction of sp³-hybridized carbons (Fsp3) is 0.444. The molecule has 15 heavy (non-hydrogen) atoms. The molecule has 0 N–H and O–H groups in total. The van der Waals surface area contributed by atoms with Crippen LogP contribution in [0.3, 0.4) is 0 Å². The Hall–Kier alpha value is -1.04. The van der Waals surface area contributed by atoms with Gasteiger partial charge in [-0.1, -0.05) is 11.5 Å². The maximum atomic E-state index is 12.6. The number of halogens is 3. The van der Waals surface area contributed by atoms with Gasteiger partial charge in [-0.15, -0.1) is 0 Å². The first kappa shape index (κ1) is 12.0. The summed E-state index contributed by atoms with van der Waals surface area (Å²) in [7, 11) is 8.07. The van der Waals surface area contributed by atoms with E-state index < -0.39 is 12.2 Å². The topological polar surface area (TPSA) is 16.1 Å². The van der Waals surface area contributed by atoms with Crippen molar-refractivity contribution in [2.75, 3.05) is 14.1 Å². The summed E-state index contributed by atoms with van der Waals surface area (Å²) in [5.74, 6) is 0. The molecule has 0 aliphatic rings. The number of aromatic nitrogens is 1. The Morgan fingerprint density at radius 2 is 1.93 bits per heavy atom. The molecule has 0 aliphatic carbocycles. The van der Waals surface area contributed by atoms with Crippen LogP contribution in [0.15, 0.2) is 18.3 Å². The number of hydrogen-bond acceptors (Lipinski definition) is 2. The molecule has 0 aromatic carbocycles. The van der Waals surface area contributed by atoms with Crippen LogP contribution in [-0.2, 0) is 0 Å². The van der Waals surface area contributed by atoms with Crippen LogP contribution in [0.5, 0.6) is 0 Å². The van der Waals surface area contributed by atoms with E-state index in [0.717, 1.165) is 4.90 Å². The Morgan fingerprint density at radius 1 is 1.33 bits per heavy atom. The normalized spacial score (nSPS) is 14.3. The summed E-state index contributed by atoms with van der Waals surface area (Å²) in [6.07, 6.45) is -3.12. The molecule has 0 saturated carbocycles. The molecule has 0 aliphatic heterocycles. The number of rotatable bonds is 2. The van der Waals surface area contributed by atoms with Crippen molar-refractivity contribution in [2.24, 2.45) is 0 Å². The predicted molar refractivity (Wildman–Crippen MR) is 52.1 cm³/mol. The quantitative estimate of drug-likeness (QED) is 0.683. The van der Waals surface area contributed by atoms with Gasteiger partial charge in [-0.25, -0.2) is 0 Å². The zero-order chi connectivity index (χ0) is 11.6. The molecule has 1 atom stereocenters. The van der Waals surface area contributed by atoms with Gasteiger partial charge < -0.3 is 0 Å². The summed E-state index contributed by atoms with van der Waals surface area (Å²) in [5, 5.41) is 0. The molecule has 0 saturated heterocycles. The standard InChI is InChI=1S/C9H10BF3N2/c1-15(2)8(9(11,12)13)7-4-3-6(10)5-14-7/h3-5,8H,1-2H3. The summed E-state index contributed by atoms with van der Waals surface area (Å²) < 4.78 is 37.9. The van der Waals surface area contributed by atoms with E-state index in [4.69, 9.17) is 7.85 Å². The average Bonchev–Trinajstić information content (AvgIpc) is 2.05. The summed E-state index contributed by atoms with van der Waals surface area (Å²) in [6, 6.07) is 0.996. The molecule has 1 aromatic heterocycles. The molecular formula is C9H10BF3N2. The molecule has 0 spiro atoms. The number of nitrogens with zero attached hydrogens (tertiary/aromatic N) is 2. The molecule has 1 unspecified atom stereocenters. The predicted octanol–water partition coefficient (Wildman–Crippen LogP) is 1.04. The molecule has 1 aromatic rings. The monoisotopic (exact) mass is 214 g/mol. The Labute approximate surface area is 87.5 Å². The van der Waals surface area contributed by atoms with Crippen molar-refractivity contribution in [3.8, 4) is 0 Å². The minimum Gasteiger partial charge on any atom is -0.293 e. The van der Waals surface area contributed by atoms with E-state index in [-0.39, 0.29) is 5.69 Å². The first-order valence-electron chi connectivity index (χ1n) is 4.27. The Morgan fingerprint density at radius 3 is 2.27 bits per heavy atom. The van der Waals surface area contributed by atoms with E-state index in [1.165, 1.54) is 32.4 Å². The van der Waals surface area contributed by atoms with Crippen LogP contribution >= 0.6 is 0 Å². The van der Waals surface area contributed by atoms with E-state index in [2.05, 4.69) is 4.98 Å². The molecule has 2 radical (unpaired) electrons. The van der Waals surface area contributed by atoms with E-state index in [1.807, 2.05) is 0 Å². The highest BCUT2D eigenvalue weighted by molar-refractivity contribution is 6.32. The van der Waals surface area contributed by atoms with Crippen LogP contribution in [0.4, 0.5) is 13.2 Å². The fourth-order valence-corrected chi connectivity index (χ4v) is 1.30. The third-order valence-corrected chi connectivity index (χ3v) is 1.92. The van der Waals surface area contributed by atoms with Crippen molar-refractivity contribution < 1.29 is 13.2 Å². The van der Waals surface area contributed by atoms with Crippen LogP contribution in [0.25, 0.3) is 0 Å². The molecule has 80 valence electrons. The lowest BCUT2D eigenvalue weighted by Gasteiger charge is -2.26. The minimum atomic E-state index is -4.34. The van der Waals surface area contributed by atoms with Crippen molar-refractivity contribution in [1.29, 1.82) is 0 Å². The van der Waals surface area contributed by atoms with Crippen molar-refractivity contribution in [1.82, 2.24) is 9.88 Å². The molecule has 0 bridgehead atoms. The SMILES string of the molecule is [B]c1ccc(C(N(C)C)C(F)(F)F)nc1. The highest BCUT2D eigenvalue weighted by Crippen LogP contribution is 2.34. The smallest absolute Gasteiger partial charge is 0.293 e. The number of pyridine rings is 1. The number of alkyl halides is 3. The van der Waals surface area contributed by atoms with Crippen LogP contribution in [-0.4, -0.2) is 38.0 Å². The van der Waals surface area contributed by atoms with Crippen molar-refractivity contribution in [2.45, 2.75) is 12.2 Å². The maximum absolute atomic E-state index is 12.6. The summed E-state index contributed by atoms with van der Waals surface area (Å²) in [6.45, 7) is 0. The lowest BCUT2D eigenvalue weighted by molar-refractivity contribution is -0.180. The van der Waals surface area contributed by atoms with Crippen molar-refractivity contribution >= 4 is 13.3 Å². The first-order chi connectivity index (χ1) is 6.82. The second kappa shape index (κ2) is 4.22. The Balaban J connectivity index is 3.05. The largest absolute Gasteiger partial charge is 0.409 e. The van der Waals surface area contributed by atoms with Crippen molar-refractivity contribution in [3.63, 3.8) is 0 Å². The van der Waals surface area contributed by atoms with E-state index in [0.29, 0.717) is 5.46 Å². The molecule has 6 heteroatoms. The Bertz CT molecular complexity index is 321. The fourth-order valence-electron chi connectivity index (χ4n) is 1.30. The van der Waals surface area contributed by atoms with Gasteiger partial charge in [-0.2, -0.15) is 13.2 Å². The highest BCUT2D eigenvalue weighted by Gasteiger charge is 2.43. The molecule has 0 fully saturated rings. The first-order valence-corrected chi connectivity index (χ1v) is 4.27. The van der Waals surface area contributed by atoms with Gasteiger partial charge >= 0.3 is 6.18 Å². The van der Waals surface area contributed by atoms with Gasteiger partial charge in [0.15, 0.2) is 0 Å². The van der Waals surface area contributed by atoms with E-state index >= 15 is 0 Å². The van der Waals surface area contributed by atoms with E-state index in [9.17, 15) is 13.2 Å². The lowest BCUT2D eigenvalue weighted by Crippen LogP contribution is -2.34. The van der Waals surface area contributed by atoms with Crippen LogP contribution in [0.2, 0.25) is 0 Å². The van der Waals surface area contributed by atoms with Crippen LogP contribution in [0, 0.1) is 0 Å². The van der Waals surface area contributed by atoms with Gasteiger partial charge in [0.2, 0.25) is 0 Å². The zero-order valence-corrected chi connectivity index (χ0v) is 8.42. The zero-order valence-electron chi connectivity index (χ0n) is 8.42. The van der Waals surface area contributed by atoms with Gasteiger partial charge in [-0.3, -0.25) is 9.88 Å². The molecule has 1 rings (SSSR count). The average molecular weight is 214 g/mol. The Kier molecular flexibility index (Phi) is 3.39. The second-order valence-corrected chi connectivity index (χ2v) is 3.42. The third-order valence-electron chi connectivity index (χ3n) is 1.92. The second-order valence-electron chi connectivity index (χ2n) is 3.42. The molecule has 1 heterocycles. The van der Waals surface area contributed by atoms with Gasteiger partial charge in [0.1, 0.15) is 13.9 Å². The van der Waals surface area contributed by atoms with Gasteiger partial charge in [-0.05, 0) is 20.2 Å². The molecular weight excluding hydrogens is 204 g/mol. The third kappa shape index (κ3) is 2.96. The van der Waals surface area contributed by atoms with Gasteiger partial charge in [0, 0.05) is 6.20 Å². The van der Waals surface area contributed by atoms with Crippen molar-refractivity contribution in [3.05, 3.63) is 24.0 Å². The summed E-state index contributed by atoms with van der Waals surface area (Å²) >= 11 is 0. The number of hydrogen-bond donors (Lipinski definition) is 0.